The number of benzene rings is 2. The molecule has 9 heteroatoms. The normalized spacial score (nSPS) is 11.9. The standard InChI is InChI=1S/C17H14ClN5O3/c1-24-13-4-2-10(18)6-12(13)21-16-8-19-23-17(22-16)20-11-3-5-14-15(7-11)26-9-25-14/h2-8H,9H2,1H3,(H2,20,21,22,23). The number of anilines is 4. The highest BCUT2D eigenvalue weighted by atomic mass is 35.5. The minimum Gasteiger partial charge on any atom is -0.495 e. The molecule has 0 atom stereocenters. The molecular weight excluding hydrogens is 358 g/mol. The summed E-state index contributed by atoms with van der Waals surface area (Å²) in [6.45, 7) is 0.220. The maximum Gasteiger partial charge on any atom is 0.249 e. The Bertz CT molecular complexity index is 953. The number of halogens is 1. The molecule has 0 spiro atoms. The molecule has 0 fully saturated rings. The van der Waals surface area contributed by atoms with E-state index < -0.39 is 0 Å². The highest BCUT2D eigenvalue weighted by molar-refractivity contribution is 6.31. The van der Waals surface area contributed by atoms with Gasteiger partial charge in [-0.1, -0.05) is 11.6 Å². The van der Waals surface area contributed by atoms with Gasteiger partial charge in [0.2, 0.25) is 12.7 Å². The first-order valence-electron chi connectivity index (χ1n) is 7.68. The van der Waals surface area contributed by atoms with Crippen molar-refractivity contribution in [3.63, 3.8) is 0 Å². The second-order valence-electron chi connectivity index (χ2n) is 5.33. The molecule has 0 saturated carbocycles. The van der Waals surface area contributed by atoms with Gasteiger partial charge in [-0.05, 0) is 30.3 Å². The van der Waals surface area contributed by atoms with Gasteiger partial charge in [0.25, 0.3) is 0 Å². The fourth-order valence-electron chi connectivity index (χ4n) is 2.44. The molecule has 2 aromatic carbocycles. The van der Waals surface area contributed by atoms with Gasteiger partial charge in [0, 0.05) is 16.8 Å². The molecule has 0 aliphatic carbocycles. The number of nitrogens with zero attached hydrogens (tertiary/aromatic N) is 3. The maximum absolute atomic E-state index is 6.05. The van der Waals surface area contributed by atoms with Crippen LogP contribution < -0.4 is 24.8 Å². The Balaban J connectivity index is 1.54. The van der Waals surface area contributed by atoms with Gasteiger partial charge >= 0.3 is 0 Å². The minimum atomic E-state index is 0.220. The van der Waals surface area contributed by atoms with Gasteiger partial charge in [0.05, 0.1) is 19.0 Å². The predicted octanol–water partition coefficient (Wildman–Crippen LogP) is 3.75. The zero-order valence-electron chi connectivity index (χ0n) is 13.7. The first kappa shape index (κ1) is 16.2. The highest BCUT2D eigenvalue weighted by Crippen LogP contribution is 2.35. The summed E-state index contributed by atoms with van der Waals surface area (Å²) in [5, 5.41) is 14.7. The molecule has 0 radical (unpaired) electrons. The van der Waals surface area contributed by atoms with E-state index in [0.29, 0.717) is 39.7 Å². The largest absolute Gasteiger partial charge is 0.495 e. The summed E-state index contributed by atoms with van der Waals surface area (Å²) in [7, 11) is 1.58. The summed E-state index contributed by atoms with van der Waals surface area (Å²) in [6.07, 6.45) is 1.51. The SMILES string of the molecule is COc1ccc(Cl)cc1Nc1cnnc(Nc2ccc3c(c2)OCO3)n1. The summed E-state index contributed by atoms with van der Waals surface area (Å²) >= 11 is 6.05. The summed E-state index contributed by atoms with van der Waals surface area (Å²) in [4.78, 5) is 4.40. The average Bonchev–Trinajstić information content (AvgIpc) is 3.10. The fraction of sp³-hybridized carbons (Fsp3) is 0.118. The highest BCUT2D eigenvalue weighted by Gasteiger charge is 2.14. The molecule has 8 nitrogen and oxygen atoms in total. The van der Waals surface area contributed by atoms with Crippen molar-refractivity contribution in [2.45, 2.75) is 0 Å². The Morgan fingerprint density at radius 3 is 2.85 bits per heavy atom. The van der Waals surface area contributed by atoms with Crippen LogP contribution in [0.4, 0.5) is 23.1 Å². The number of hydrogen-bond acceptors (Lipinski definition) is 8. The molecule has 0 amide bonds. The second-order valence-corrected chi connectivity index (χ2v) is 5.76. The minimum absolute atomic E-state index is 0.220. The van der Waals surface area contributed by atoms with E-state index in [-0.39, 0.29) is 6.79 Å². The van der Waals surface area contributed by atoms with Gasteiger partial charge in [0.15, 0.2) is 17.3 Å². The molecule has 4 rings (SSSR count). The van der Waals surface area contributed by atoms with Crippen LogP contribution in [0.3, 0.4) is 0 Å². The van der Waals surface area contributed by atoms with E-state index in [1.54, 1.807) is 25.3 Å². The van der Waals surface area contributed by atoms with Crippen molar-refractivity contribution in [2.24, 2.45) is 0 Å². The summed E-state index contributed by atoms with van der Waals surface area (Å²) < 4.78 is 16.0. The van der Waals surface area contributed by atoms with Crippen LogP contribution >= 0.6 is 11.6 Å². The zero-order chi connectivity index (χ0) is 17.9. The van der Waals surface area contributed by atoms with E-state index in [0.717, 1.165) is 5.69 Å². The lowest BCUT2D eigenvalue weighted by atomic mass is 10.3. The number of aromatic nitrogens is 3. The van der Waals surface area contributed by atoms with Gasteiger partial charge in [-0.25, -0.2) is 0 Å². The van der Waals surface area contributed by atoms with Crippen LogP contribution in [0, 0.1) is 0 Å². The van der Waals surface area contributed by atoms with Gasteiger partial charge in [0.1, 0.15) is 5.75 Å². The van der Waals surface area contributed by atoms with Crippen molar-refractivity contribution >= 4 is 34.7 Å². The molecule has 0 bridgehead atoms. The van der Waals surface area contributed by atoms with Crippen molar-refractivity contribution in [3.8, 4) is 17.2 Å². The van der Waals surface area contributed by atoms with E-state index in [1.807, 2.05) is 18.2 Å². The third-order valence-corrected chi connectivity index (χ3v) is 3.85. The quantitative estimate of drug-likeness (QED) is 0.700. The van der Waals surface area contributed by atoms with E-state index in [2.05, 4.69) is 25.8 Å². The average molecular weight is 372 g/mol. The van der Waals surface area contributed by atoms with Gasteiger partial charge in [-0.15, -0.1) is 5.10 Å². The van der Waals surface area contributed by atoms with Crippen molar-refractivity contribution in [1.82, 2.24) is 15.2 Å². The van der Waals surface area contributed by atoms with Crippen molar-refractivity contribution < 1.29 is 14.2 Å². The topological polar surface area (TPSA) is 90.4 Å². The van der Waals surface area contributed by atoms with E-state index in [9.17, 15) is 0 Å². The molecule has 2 heterocycles. The molecule has 2 N–H and O–H groups in total. The summed E-state index contributed by atoms with van der Waals surface area (Å²) in [5.41, 5.74) is 1.43. The molecular formula is C17H14ClN5O3. The summed E-state index contributed by atoms with van der Waals surface area (Å²) in [5.74, 6) is 2.83. The van der Waals surface area contributed by atoms with Crippen LogP contribution in [0.1, 0.15) is 0 Å². The lowest BCUT2D eigenvalue weighted by Crippen LogP contribution is -2.03. The van der Waals surface area contributed by atoms with Crippen molar-refractivity contribution in [2.75, 3.05) is 24.5 Å². The number of fused-ring (bicyclic) bond motifs is 1. The number of methoxy groups -OCH3 is 1. The van der Waals surface area contributed by atoms with Gasteiger partial charge in [-0.2, -0.15) is 10.1 Å². The van der Waals surface area contributed by atoms with Crippen molar-refractivity contribution in [1.29, 1.82) is 0 Å². The molecule has 1 aromatic heterocycles. The van der Waals surface area contributed by atoms with Crippen LogP contribution in [-0.4, -0.2) is 29.1 Å². The Morgan fingerprint density at radius 2 is 1.96 bits per heavy atom. The number of ether oxygens (including phenoxy) is 3. The van der Waals surface area contributed by atoms with Crippen LogP contribution in [0.25, 0.3) is 0 Å². The van der Waals surface area contributed by atoms with Gasteiger partial charge in [-0.3, -0.25) is 0 Å². The lowest BCUT2D eigenvalue weighted by molar-refractivity contribution is 0.174. The molecule has 1 aliphatic heterocycles. The molecule has 0 unspecified atom stereocenters. The number of nitrogens with one attached hydrogen (secondary N) is 2. The van der Waals surface area contributed by atoms with Crippen LogP contribution in [0.2, 0.25) is 5.02 Å². The van der Waals surface area contributed by atoms with Crippen molar-refractivity contribution in [3.05, 3.63) is 47.6 Å². The van der Waals surface area contributed by atoms with Crippen LogP contribution in [0.15, 0.2) is 42.6 Å². The molecule has 0 saturated heterocycles. The predicted molar refractivity (Wildman–Crippen MR) is 97.0 cm³/mol. The Morgan fingerprint density at radius 1 is 1.08 bits per heavy atom. The third kappa shape index (κ3) is 3.40. The Kier molecular flexibility index (Phi) is 4.32. The van der Waals surface area contributed by atoms with Gasteiger partial charge < -0.3 is 24.8 Å². The first-order chi connectivity index (χ1) is 12.7. The smallest absolute Gasteiger partial charge is 0.249 e. The van der Waals surface area contributed by atoms with E-state index >= 15 is 0 Å². The fourth-order valence-corrected chi connectivity index (χ4v) is 2.61. The Hall–Kier alpha value is -3.26. The van der Waals surface area contributed by atoms with Crippen LogP contribution in [0.5, 0.6) is 17.2 Å². The second kappa shape index (κ2) is 6.93. The molecule has 132 valence electrons. The monoisotopic (exact) mass is 371 g/mol. The molecule has 26 heavy (non-hydrogen) atoms. The summed E-state index contributed by atoms with van der Waals surface area (Å²) in [6, 6.07) is 10.7. The third-order valence-electron chi connectivity index (χ3n) is 3.61. The maximum atomic E-state index is 6.05. The Labute approximate surface area is 154 Å². The molecule has 1 aliphatic rings. The number of hydrogen-bond donors (Lipinski definition) is 2. The van der Waals surface area contributed by atoms with E-state index in [4.69, 9.17) is 25.8 Å². The zero-order valence-corrected chi connectivity index (χ0v) is 14.4. The molecule has 3 aromatic rings. The van der Waals surface area contributed by atoms with Crippen LogP contribution in [-0.2, 0) is 0 Å². The first-order valence-corrected chi connectivity index (χ1v) is 8.06. The number of rotatable bonds is 5. The lowest BCUT2D eigenvalue weighted by Gasteiger charge is -2.11. The van der Waals surface area contributed by atoms with E-state index in [1.165, 1.54) is 6.20 Å².